The number of hydrogen-bond acceptors (Lipinski definition) is 5. The zero-order valence-corrected chi connectivity index (χ0v) is 16.2. The van der Waals surface area contributed by atoms with Crippen molar-refractivity contribution >= 4 is 10.0 Å². The van der Waals surface area contributed by atoms with Crippen molar-refractivity contribution in [2.45, 2.75) is 30.8 Å². The first kappa shape index (κ1) is 18.5. The monoisotopic (exact) mass is 377 g/mol. The average molecular weight is 377 g/mol. The van der Waals surface area contributed by atoms with E-state index in [9.17, 15) is 8.42 Å². The lowest BCUT2D eigenvalue weighted by Gasteiger charge is -2.34. The van der Waals surface area contributed by atoms with E-state index in [0.29, 0.717) is 30.2 Å². The summed E-state index contributed by atoms with van der Waals surface area (Å²) in [6.45, 7) is 2.21. The molecular formula is C19H23NO5S. The smallest absolute Gasteiger partial charge is 0.243 e. The fraction of sp³-hybridized carbons (Fsp3) is 0.368. The van der Waals surface area contributed by atoms with Crippen LogP contribution >= 0.6 is 0 Å². The molecule has 0 bridgehead atoms. The van der Waals surface area contributed by atoms with Gasteiger partial charge in [0.1, 0.15) is 5.75 Å². The molecule has 1 aliphatic rings. The highest BCUT2D eigenvalue weighted by Crippen LogP contribution is 2.36. The summed E-state index contributed by atoms with van der Waals surface area (Å²) < 4.78 is 43.6. The zero-order valence-electron chi connectivity index (χ0n) is 15.4. The van der Waals surface area contributed by atoms with E-state index in [-0.39, 0.29) is 10.9 Å². The highest BCUT2D eigenvalue weighted by molar-refractivity contribution is 7.89. The van der Waals surface area contributed by atoms with Crippen molar-refractivity contribution in [1.82, 2.24) is 4.31 Å². The number of fused-ring (bicyclic) bond motifs is 1. The Kier molecular flexibility index (Phi) is 5.11. The Morgan fingerprint density at radius 2 is 1.50 bits per heavy atom. The maximum absolute atomic E-state index is 13.1. The maximum Gasteiger partial charge on any atom is 0.243 e. The van der Waals surface area contributed by atoms with Gasteiger partial charge in [-0.1, -0.05) is 0 Å². The van der Waals surface area contributed by atoms with Crippen molar-refractivity contribution in [3.63, 3.8) is 0 Å². The van der Waals surface area contributed by atoms with Gasteiger partial charge in [0.05, 0.1) is 26.2 Å². The van der Waals surface area contributed by atoms with Crippen LogP contribution in [0, 0.1) is 0 Å². The van der Waals surface area contributed by atoms with Crippen LogP contribution in [0.1, 0.15) is 18.1 Å². The van der Waals surface area contributed by atoms with Crippen molar-refractivity contribution in [3.05, 3.63) is 47.5 Å². The molecule has 0 amide bonds. The normalized spacial score (nSPS) is 17.5. The fourth-order valence-corrected chi connectivity index (χ4v) is 4.86. The molecular weight excluding hydrogens is 354 g/mol. The number of ether oxygens (including phenoxy) is 3. The van der Waals surface area contributed by atoms with Crippen molar-refractivity contribution in [1.29, 1.82) is 0 Å². The first-order valence-corrected chi connectivity index (χ1v) is 9.74. The van der Waals surface area contributed by atoms with E-state index >= 15 is 0 Å². The van der Waals surface area contributed by atoms with E-state index in [4.69, 9.17) is 14.2 Å². The number of hydrogen-bond donors (Lipinski definition) is 0. The third-order valence-corrected chi connectivity index (χ3v) is 6.68. The zero-order chi connectivity index (χ0) is 18.9. The fourth-order valence-electron chi connectivity index (χ4n) is 3.25. The minimum atomic E-state index is -3.61. The van der Waals surface area contributed by atoms with E-state index in [1.54, 1.807) is 45.6 Å². The molecule has 0 saturated heterocycles. The van der Waals surface area contributed by atoms with Gasteiger partial charge < -0.3 is 14.2 Å². The van der Waals surface area contributed by atoms with Gasteiger partial charge in [-0.25, -0.2) is 8.42 Å². The SMILES string of the molecule is COc1ccc(S(=O)(=O)N2Cc3cc(OC)c(OC)cc3CC2C)cc1. The van der Waals surface area contributed by atoms with Crippen LogP contribution in [0.5, 0.6) is 17.2 Å². The second-order valence-corrected chi connectivity index (χ2v) is 8.15. The van der Waals surface area contributed by atoms with Gasteiger partial charge in [0.25, 0.3) is 0 Å². The van der Waals surface area contributed by atoms with E-state index < -0.39 is 10.0 Å². The molecule has 2 aromatic rings. The lowest BCUT2D eigenvalue weighted by Crippen LogP contribution is -2.42. The minimum Gasteiger partial charge on any atom is -0.497 e. The molecule has 3 rings (SSSR count). The Morgan fingerprint density at radius 1 is 0.923 bits per heavy atom. The van der Waals surface area contributed by atoms with Crippen molar-refractivity contribution in [3.8, 4) is 17.2 Å². The molecule has 1 heterocycles. The van der Waals surface area contributed by atoms with Crippen LogP contribution in [0.15, 0.2) is 41.3 Å². The van der Waals surface area contributed by atoms with Gasteiger partial charge in [-0.05, 0) is 60.9 Å². The molecule has 0 fully saturated rings. The third-order valence-electron chi connectivity index (χ3n) is 4.70. The first-order valence-electron chi connectivity index (χ1n) is 8.30. The number of rotatable bonds is 5. The van der Waals surface area contributed by atoms with E-state index in [0.717, 1.165) is 11.1 Å². The van der Waals surface area contributed by atoms with Crippen LogP contribution in [-0.2, 0) is 23.0 Å². The first-order chi connectivity index (χ1) is 12.4. The summed E-state index contributed by atoms with van der Waals surface area (Å²) in [5, 5.41) is 0. The van der Waals surface area contributed by atoms with Crippen LogP contribution in [-0.4, -0.2) is 40.1 Å². The van der Waals surface area contributed by atoms with Gasteiger partial charge in [0.15, 0.2) is 11.5 Å². The molecule has 0 saturated carbocycles. The molecule has 0 aliphatic carbocycles. The van der Waals surface area contributed by atoms with Gasteiger partial charge in [-0.3, -0.25) is 0 Å². The van der Waals surface area contributed by atoms with Crippen LogP contribution in [0.3, 0.4) is 0 Å². The van der Waals surface area contributed by atoms with Gasteiger partial charge >= 0.3 is 0 Å². The standard InChI is InChI=1S/C19H23NO5S/c1-13-9-14-10-18(24-3)19(25-4)11-15(14)12-20(13)26(21,22)17-7-5-16(23-2)6-8-17/h5-8,10-11,13H,9,12H2,1-4H3. The average Bonchev–Trinajstić information content (AvgIpc) is 2.66. The second-order valence-electron chi connectivity index (χ2n) is 6.25. The number of benzene rings is 2. The van der Waals surface area contributed by atoms with E-state index in [1.165, 1.54) is 4.31 Å². The lowest BCUT2D eigenvalue weighted by atomic mass is 9.96. The Bertz CT molecular complexity index is 893. The maximum atomic E-state index is 13.1. The Hall–Kier alpha value is -2.25. The minimum absolute atomic E-state index is 0.160. The Morgan fingerprint density at radius 3 is 2.04 bits per heavy atom. The summed E-state index contributed by atoms with van der Waals surface area (Å²) >= 11 is 0. The molecule has 2 aromatic carbocycles. The summed E-state index contributed by atoms with van der Waals surface area (Å²) in [6, 6.07) is 10.1. The molecule has 0 radical (unpaired) electrons. The summed E-state index contributed by atoms with van der Waals surface area (Å²) in [7, 11) is 1.11. The number of nitrogens with zero attached hydrogens (tertiary/aromatic N) is 1. The predicted octanol–water partition coefficient (Wildman–Crippen LogP) is 2.85. The summed E-state index contributed by atoms with van der Waals surface area (Å²) in [6.07, 6.45) is 0.616. The van der Waals surface area contributed by atoms with Crippen LogP contribution < -0.4 is 14.2 Å². The van der Waals surface area contributed by atoms with Crippen molar-refractivity contribution in [2.75, 3.05) is 21.3 Å². The summed E-state index contributed by atoms with van der Waals surface area (Å²) in [5.41, 5.74) is 2.01. The molecule has 6 nitrogen and oxygen atoms in total. The van der Waals surface area contributed by atoms with E-state index in [2.05, 4.69) is 0 Å². The topological polar surface area (TPSA) is 65.1 Å². The van der Waals surface area contributed by atoms with Gasteiger partial charge in [-0.2, -0.15) is 4.31 Å². The highest BCUT2D eigenvalue weighted by Gasteiger charge is 2.34. The van der Waals surface area contributed by atoms with Crippen LogP contribution in [0.4, 0.5) is 0 Å². The summed E-state index contributed by atoms with van der Waals surface area (Å²) in [5.74, 6) is 1.88. The molecule has 1 atom stereocenters. The summed E-state index contributed by atoms with van der Waals surface area (Å²) in [4.78, 5) is 0.258. The van der Waals surface area contributed by atoms with Crippen molar-refractivity contribution in [2.24, 2.45) is 0 Å². The molecule has 7 heteroatoms. The Balaban J connectivity index is 1.97. The lowest BCUT2D eigenvalue weighted by molar-refractivity contribution is 0.305. The van der Waals surface area contributed by atoms with Crippen molar-refractivity contribution < 1.29 is 22.6 Å². The molecule has 140 valence electrons. The Labute approximate surface area is 154 Å². The molecule has 1 unspecified atom stereocenters. The molecule has 0 aromatic heterocycles. The van der Waals surface area contributed by atoms with E-state index in [1.807, 2.05) is 19.1 Å². The largest absolute Gasteiger partial charge is 0.497 e. The quantitative estimate of drug-likeness (QED) is 0.802. The number of sulfonamides is 1. The molecule has 26 heavy (non-hydrogen) atoms. The highest BCUT2D eigenvalue weighted by atomic mass is 32.2. The van der Waals surface area contributed by atoms with Crippen LogP contribution in [0.2, 0.25) is 0 Å². The van der Waals surface area contributed by atoms with Gasteiger partial charge in [-0.15, -0.1) is 0 Å². The molecule has 0 N–H and O–H groups in total. The number of methoxy groups -OCH3 is 3. The molecule has 1 aliphatic heterocycles. The van der Waals surface area contributed by atoms with Gasteiger partial charge in [0, 0.05) is 12.6 Å². The predicted molar refractivity (Wildman–Crippen MR) is 98.4 cm³/mol. The second kappa shape index (κ2) is 7.17. The van der Waals surface area contributed by atoms with Gasteiger partial charge in [0.2, 0.25) is 10.0 Å². The molecule has 0 spiro atoms. The third kappa shape index (κ3) is 3.24. The van der Waals surface area contributed by atoms with Crippen LogP contribution in [0.25, 0.3) is 0 Å².